The van der Waals surface area contributed by atoms with Crippen LogP contribution in [0.25, 0.3) is 0 Å². The third kappa shape index (κ3) is 3.90. The van der Waals surface area contributed by atoms with E-state index in [9.17, 15) is 13.2 Å². The van der Waals surface area contributed by atoms with Gasteiger partial charge < -0.3 is 0 Å². The first kappa shape index (κ1) is 12.6. The Morgan fingerprint density at radius 2 is 2.20 bits per heavy atom. The Morgan fingerprint density at radius 3 is 2.67 bits per heavy atom. The number of halogens is 1. The molecule has 0 aromatic carbocycles. The Balaban J connectivity index is 2.58. The normalized spacial score (nSPS) is 11.6. The fourth-order valence-corrected chi connectivity index (χ4v) is 2.36. The number of ketones is 1. The lowest BCUT2D eigenvalue weighted by atomic mass is 10.3. The maximum atomic E-state index is 11.4. The van der Waals surface area contributed by atoms with Crippen molar-refractivity contribution in [2.45, 2.75) is 6.92 Å². The van der Waals surface area contributed by atoms with Gasteiger partial charge in [-0.05, 0) is 19.1 Å². The Morgan fingerprint density at radius 1 is 1.53 bits per heavy atom. The molecule has 0 fully saturated rings. The van der Waals surface area contributed by atoms with Crippen LogP contribution in [0.2, 0.25) is 4.34 Å². The van der Waals surface area contributed by atoms with Gasteiger partial charge in [0.25, 0.3) is 0 Å². The summed E-state index contributed by atoms with van der Waals surface area (Å²) in [5, 5.41) is 0. The zero-order chi connectivity index (χ0) is 11.5. The van der Waals surface area contributed by atoms with E-state index >= 15 is 0 Å². The van der Waals surface area contributed by atoms with E-state index in [4.69, 9.17) is 11.6 Å². The summed E-state index contributed by atoms with van der Waals surface area (Å²) in [7, 11) is -3.31. The highest BCUT2D eigenvalue weighted by atomic mass is 35.5. The number of hydrogen-bond acceptors (Lipinski definition) is 4. The van der Waals surface area contributed by atoms with Crippen molar-refractivity contribution in [2.75, 3.05) is 12.3 Å². The number of thiophene rings is 1. The van der Waals surface area contributed by atoms with Crippen LogP contribution in [0.5, 0.6) is 0 Å². The van der Waals surface area contributed by atoms with Gasteiger partial charge in [-0.2, -0.15) is 0 Å². The third-order valence-corrected chi connectivity index (χ3v) is 4.30. The molecular weight excluding hydrogens is 258 g/mol. The van der Waals surface area contributed by atoms with Crippen molar-refractivity contribution in [3.8, 4) is 0 Å². The quantitative estimate of drug-likeness (QED) is 0.823. The minimum Gasteiger partial charge on any atom is -0.292 e. The maximum absolute atomic E-state index is 11.4. The molecule has 4 nitrogen and oxygen atoms in total. The van der Waals surface area contributed by atoms with Crippen LogP contribution < -0.4 is 4.72 Å². The molecule has 0 saturated heterocycles. The second-order valence-electron chi connectivity index (χ2n) is 2.75. The first-order valence-corrected chi connectivity index (χ1v) is 7.05. The van der Waals surface area contributed by atoms with Crippen molar-refractivity contribution in [2.24, 2.45) is 0 Å². The van der Waals surface area contributed by atoms with Gasteiger partial charge in [0, 0.05) is 0 Å². The molecular formula is C8H10ClNO3S2. The zero-order valence-electron chi connectivity index (χ0n) is 7.99. The van der Waals surface area contributed by atoms with E-state index in [0.717, 1.165) is 11.3 Å². The lowest BCUT2D eigenvalue weighted by Crippen LogP contribution is -2.30. The van der Waals surface area contributed by atoms with Crippen LogP contribution in [0.3, 0.4) is 0 Å². The van der Waals surface area contributed by atoms with Gasteiger partial charge in [-0.15, -0.1) is 11.3 Å². The van der Waals surface area contributed by atoms with Gasteiger partial charge in [0.15, 0.2) is 5.78 Å². The Hall–Kier alpha value is -0.430. The standard InChI is InChI=1S/C8H10ClNO3S2/c1-2-15(12,13)10-5-6(11)7-3-4-8(9)14-7/h3-4,10H,2,5H2,1H3. The highest BCUT2D eigenvalue weighted by molar-refractivity contribution is 7.89. The topological polar surface area (TPSA) is 63.2 Å². The van der Waals surface area contributed by atoms with E-state index in [2.05, 4.69) is 4.72 Å². The average molecular weight is 268 g/mol. The molecule has 0 atom stereocenters. The summed E-state index contributed by atoms with van der Waals surface area (Å²) in [6, 6.07) is 3.18. The minimum atomic E-state index is -3.31. The third-order valence-electron chi connectivity index (χ3n) is 1.68. The van der Waals surface area contributed by atoms with E-state index in [1.165, 1.54) is 6.92 Å². The fourth-order valence-electron chi connectivity index (χ4n) is 0.829. The predicted octanol–water partition coefficient (Wildman–Crippen LogP) is 1.52. The molecule has 0 aliphatic carbocycles. The van der Waals surface area contributed by atoms with Gasteiger partial charge in [-0.3, -0.25) is 4.79 Å². The van der Waals surface area contributed by atoms with Crippen LogP contribution in [-0.4, -0.2) is 26.5 Å². The largest absolute Gasteiger partial charge is 0.292 e. The molecule has 84 valence electrons. The highest BCUT2D eigenvalue weighted by Crippen LogP contribution is 2.21. The Kier molecular flexibility index (Phi) is 4.27. The number of nitrogens with one attached hydrogen (secondary N) is 1. The monoisotopic (exact) mass is 267 g/mol. The molecule has 1 aromatic heterocycles. The Bertz CT molecular complexity index is 452. The summed E-state index contributed by atoms with van der Waals surface area (Å²) < 4.78 is 24.8. The maximum Gasteiger partial charge on any atom is 0.211 e. The molecule has 0 amide bonds. The summed E-state index contributed by atoms with van der Waals surface area (Å²) in [5.41, 5.74) is 0. The molecule has 0 radical (unpaired) electrons. The van der Waals surface area contributed by atoms with Crippen LogP contribution in [0.4, 0.5) is 0 Å². The van der Waals surface area contributed by atoms with Gasteiger partial charge in [0.05, 0.1) is 21.5 Å². The molecule has 15 heavy (non-hydrogen) atoms. The summed E-state index contributed by atoms with van der Waals surface area (Å²) in [4.78, 5) is 11.9. The number of carbonyl (C=O) groups excluding carboxylic acids is 1. The number of Topliss-reactive ketones (excluding diaryl/α,β-unsaturated/α-hetero) is 1. The van der Waals surface area contributed by atoms with E-state index < -0.39 is 10.0 Å². The molecule has 1 rings (SSSR count). The smallest absolute Gasteiger partial charge is 0.211 e. The van der Waals surface area contributed by atoms with Crippen LogP contribution in [0, 0.1) is 0 Å². The van der Waals surface area contributed by atoms with Crippen molar-refractivity contribution in [1.82, 2.24) is 4.72 Å². The van der Waals surface area contributed by atoms with E-state index in [1.807, 2.05) is 0 Å². The SMILES string of the molecule is CCS(=O)(=O)NCC(=O)c1ccc(Cl)s1. The Labute approximate surface area is 97.3 Å². The van der Waals surface area contributed by atoms with Crippen LogP contribution in [0.1, 0.15) is 16.6 Å². The number of rotatable bonds is 5. The van der Waals surface area contributed by atoms with Crippen LogP contribution in [0.15, 0.2) is 12.1 Å². The second-order valence-corrected chi connectivity index (χ2v) is 6.56. The molecule has 1 heterocycles. The van der Waals surface area contributed by atoms with E-state index in [-0.39, 0.29) is 18.1 Å². The molecule has 0 aliphatic rings. The average Bonchev–Trinajstić information content (AvgIpc) is 2.61. The van der Waals surface area contributed by atoms with Crippen molar-refractivity contribution < 1.29 is 13.2 Å². The fraction of sp³-hybridized carbons (Fsp3) is 0.375. The molecule has 0 aliphatic heterocycles. The first-order chi connectivity index (χ1) is 6.94. The molecule has 1 N–H and O–H groups in total. The van der Waals surface area contributed by atoms with Crippen molar-refractivity contribution in [1.29, 1.82) is 0 Å². The van der Waals surface area contributed by atoms with Gasteiger partial charge in [0.2, 0.25) is 10.0 Å². The molecule has 0 unspecified atom stereocenters. The molecule has 1 aromatic rings. The summed E-state index contributed by atoms with van der Waals surface area (Å²) in [6.07, 6.45) is 0. The molecule has 0 saturated carbocycles. The first-order valence-electron chi connectivity index (χ1n) is 4.20. The van der Waals surface area contributed by atoms with Crippen molar-refractivity contribution in [3.63, 3.8) is 0 Å². The number of carbonyl (C=O) groups is 1. The molecule has 0 bridgehead atoms. The second kappa shape index (κ2) is 5.07. The lowest BCUT2D eigenvalue weighted by Gasteiger charge is -2.01. The van der Waals surface area contributed by atoms with Crippen molar-refractivity contribution >= 4 is 38.7 Å². The number of hydrogen-bond donors (Lipinski definition) is 1. The van der Waals surface area contributed by atoms with Gasteiger partial charge in [0.1, 0.15) is 0 Å². The zero-order valence-corrected chi connectivity index (χ0v) is 10.4. The van der Waals surface area contributed by atoms with Crippen molar-refractivity contribution in [3.05, 3.63) is 21.3 Å². The van der Waals surface area contributed by atoms with Gasteiger partial charge in [-0.1, -0.05) is 11.6 Å². The summed E-state index contributed by atoms with van der Waals surface area (Å²) in [5.74, 6) is -0.310. The summed E-state index contributed by atoms with van der Waals surface area (Å²) in [6.45, 7) is 1.29. The van der Waals surface area contributed by atoms with Crippen LogP contribution >= 0.6 is 22.9 Å². The number of sulfonamides is 1. The molecule has 0 spiro atoms. The van der Waals surface area contributed by atoms with E-state index in [0.29, 0.717) is 9.21 Å². The van der Waals surface area contributed by atoms with Crippen LogP contribution in [-0.2, 0) is 10.0 Å². The lowest BCUT2D eigenvalue weighted by molar-refractivity contribution is 0.100. The minimum absolute atomic E-state index is 0.0362. The van der Waals surface area contributed by atoms with Gasteiger partial charge >= 0.3 is 0 Å². The predicted molar refractivity (Wildman–Crippen MR) is 61.1 cm³/mol. The summed E-state index contributed by atoms with van der Waals surface area (Å²) >= 11 is 6.78. The van der Waals surface area contributed by atoms with Gasteiger partial charge in [-0.25, -0.2) is 13.1 Å². The highest BCUT2D eigenvalue weighted by Gasteiger charge is 2.12. The van der Waals surface area contributed by atoms with E-state index in [1.54, 1.807) is 12.1 Å². The molecule has 7 heteroatoms.